The van der Waals surface area contributed by atoms with E-state index in [1.807, 2.05) is 19.1 Å². The Morgan fingerprint density at radius 3 is 2.71 bits per heavy atom. The highest BCUT2D eigenvalue weighted by atomic mass is 79.9. The Morgan fingerprint density at radius 2 is 2.05 bits per heavy atom. The Hall–Kier alpha value is -2.08. The zero-order valence-corrected chi connectivity index (χ0v) is 13.1. The lowest BCUT2D eigenvalue weighted by Gasteiger charge is -2.09. The minimum absolute atomic E-state index is 0.00102. The van der Waals surface area contributed by atoms with Gasteiger partial charge in [0.2, 0.25) is 0 Å². The van der Waals surface area contributed by atoms with E-state index in [9.17, 15) is 10.1 Å². The maximum atomic E-state index is 11.0. The lowest BCUT2D eigenvalue weighted by Crippen LogP contribution is -2.01. The summed E-state index contributed by atoms with van der Waals surface area (Å²) in [4.78, 5) is 10.6. The van der Waals surface area contributed by atoms with E-state index in [0.29, 0.717) is 17.2 Å². The lowest BCUT2D eigenvalue weighted by atomic mass is 10.2. The van der Waals surface area contributed by atoms with E-state index in [-0.39, 0.29) is 5.69 Å². The van der Waals surface area contributed by atoms with Crippen LogP contribution in [-0.2, 0) is 0 Å². The smallest absolute Gasteiger partial charge is 0.275 e. The van der Waals surface area contributed by atoms with Crippen LogP contribution in [0.15, 0.2) is 46.9 Å². The SMILES string of the molecule is CCCNc1cc(Oc2cccc(Br)c2)cc([N+](=O)[O-])c1. The topological polar surface area (TPSA) is 64.4 Å². The van der Waals surface area contributed by atoms with Gasteiger partial charge in [-0.15, -0.1) is 0 Å². The van der Waals surface area contributed by atoms with Gasteiger partial charge in [-0.25, -0.2) is 0 Å². The normalized spacial score (nSPS) is 10.2. The van der Waals surface area contributed by atoms with E-state index in [0.717, 1.165) is 17.4 Å². The van der Waals surface area contributed by atoms with Gasteiger partial charge in [0, 0.05) is 28.8 Å². The van der Waals surface area contributed by atoms with E-state index in [2.05, 4.69) is 21.2 Å². The van der Waals surface area contributed by atoms with Gasteiger partial charge in [0.1, 0.15) is 11.5 Å². The van der Waals surface area contributed by atoms with Gasteiger partial charge in [-0.05, 0) is 24.6 Å². The number of anilines is 1. The average Bonchev–Trinajstić information content (AvgIpc) is 2.45. The van der Waals surface area contributed by atoms with Crippen LogP contribution in [0.25, 0.3) is 0 Å². The summed E-state index contributed by atoms with van der Waals surface area (Å²) in [6.45, 7) is 2.78. The Kier molecular flexibility index (Phi) is 5.16. The minimum atomic E-state index is -0.426. The zero-order valence-electron chi connectivity index (χ0n) is 11.5. The maximum absolute atomic E-state index is 11.0. The molecule has 1 N–H and O–H groups in total. The monoisotopic (exact) mass is 350 g/mol. The summed E-state index contributed by atoms with van der Waals surface area (Å²) in [5.74, 6) is 1.05. The predicted octanol–water partition coefficient (Wildman–Crippen LogP) is 4.97. The molecule has 2 aromatic rings. The first-order chi connectivity index (χ1) is 10.1. The van der Waals surface area contributed by atoms with Crippen LogP contribution in [0.3, 0.4) is 0 Å². The minimum Gasteiger partial charge on any atom is -0.457 e. The molecule has 0 aromatic heterocycles. The molecule has 0 amide bonds. The fraction of sp³-hybridized carbons (Fsp3) is 0.200. The van der Waals surface area contributed by atoms with Gasteiger partial charge in [-0.1, -0.05) is 28.9 Å². The third kappa shape index (κ3) is 4.46. The van der Waals surface area contributed by atoms with Crippen molar-refractivity contribution < 1.29 is 9.66 Å². The zero-order chi connectivity index (χ0) is 15.2. The van der Waals surface area contributed by atoms with Crippen LogP contribution in [-0.4, -0.2) is 11.5 Å². The van der Waals surface area contributed by atoms with E-state index >= 15 is 0 Å². The van der Waals surface area contributed by atoms with Crippen molar-refractivity contribution in [2.24, 2.45) is 0 Å². The third-order valence-corrected chi connectivity index (χ3v) is 3.21. The highest BCUT2D eigenvalue weighted by molar-refractivity contribution is 9.10. The highest BCUT2D eigenvalue weighted by Gasteiger charge is 2.11. The molecule has 0 spiro atoms. The fourth-order valence-electron chi connectivity index (χ4n) is 1.79. The molecule has 0 heterocycles. The number of nitrogens with one attached hydrogen (secondary N) is 1. The van der Waals surface area contributed by atoms with Gasteiger partial charge in [0.05, 0.1) is 11.0 Å². The van der Waals surface area contributed by atoms with Crippen LogP contribution >= 0.6 is 15.9 Å². The fourth-order valence-corrected chi connectivity index (χ4v) is 2.16. The van der Waals surface area contributed by atoms with Crippen LogP contribution < -0.4 is 10.1 Å². The molecule has 21 heavy (non-hydrogen) atoms. The third-order valence-electron chi connectivity index (χ3n) is 2.71. The van der Waals surface area contributed by atoms with Crippen molar-refractivity contribution in [2.45, 2.75) is 13.3 Å². The molecule has 0 unspecified atom stereocenters. The van der Waals surface area contributed by atoms with E-state index in [1.54, 1.807) is 18.2 Å². The molecule has 0 saturated heterocycles. The average molecular weight is 351 g/mol. The Morgan fingerprint density at radius 1 is 1.24 bits per heavy atom. The van der Waals surface area contributed by atoms with Crippen molar-refractivity contribution in [3.8, 4) is 11.5 Å². The highest BCUT2D eigenvalue weighted by Crippen LogP contribution is 2.30. The van der Waals surface area contributed by atoms with Gasteiger partial charge in [-0.2, -0.15) is 0 Å². The summed E-state index contributed by atoms with van der Waals surface area (Å²) in [5, 5.41) is 14.1. The molecule has 0 fully saturated rings. The molecule has 0 radical (unpaired) electrons. The Balaban J connectivity index is 2.28. The van der Waals surface area contributed by atoms with E-state index < -0.39 is 4.92 Å². The van der Waals surface area contributed by atoms with Crippen LogP contribution in [0.4, 0.5) is 11.4 Å². The first-order valence-electron chi connectivity index (χ1n) is 6.55. The summed E-state index contributed by atoms with van der Waals surface area (Å²) in [5.41, 5.74) is 0.678. The molecule has 0 bridgehead atoms. The number of nitro benzene ring substituents is 1. The van der Waals surface area contributed by atoms with Crippen molar-refractivity contribution in [1.29, 1.82) is 0 Å². The molecule has 6 heteroatoms. The first-order valence-corrected chi connectivity index (χ1v) is 7.34. The first kappa shape index (κ1) is 15.3. The molecule has 2 aromatic carbocycles. The summed E-state index contributed by atoms with van der Waals surface area (Å²) in [6.07, 6.45) is 0.935. The van der Waals surface area contributed by atoms with E-state index in [1.165, 1.54) is 12.1 Å². The van der Waals surface area contributed by atoms with Crippen LogP contribution in [0.2, 0.25) is 0 Å². The number of non-ortho nitro benzene ring substituents is 1. The number of hydrogen-bond donors (Lipinski definition) is 1. The lowest BCUT2D eigenvalue weighted by molar-refractivity contribution is -0.384. The van der Waals surface area contributed by atoms with Gasteiger partial charge in [-0.3, -0.25) is 10.1 Å². The van der Waals surface area contributed by atoms with Gasteiger partial charge in [0.15, 0.2) is 0 Å². The van der Waals surface area contributed by atoms with E-state index in [4.69, 9.17) is 4.74 Å². The Bertz CT molecular complexity index is 647. The summed E-state index contributed by atoms with van der Waals surface area (Å²) in [7, 11) is 0. The molecule has 0 aliphatic heterocycles. The number of nitrogens with zero attached hydrogens (tertiary/aromatic N) is 1. The Labute approximate surface area is 131 Å². The second-order valence-corrected chi connectivity index (χ2v) is 5.37. The van der Waals surface area contributed by atoms with Crippen molar-refractivity contribution in [1.82, 2.24) is 0 Å². The number of halogens is 1. The molecular weight excluding hydrogens is 336 g/mol. The van der Waals surface area contributed by atoms with Crippen molar-refractivity contribution in [3.05, 3.63) is 57.1 Å². The summed E-state index contributed by atoms with van der Waals surface area (Å²) >= 11 is 3.36. The molecule has 5 nitrogen and oxygen atoms in total. The van der Waals surface area contributed by atoms with Crippen molar-refractivity contribution >= 4 is 27.3 Å². The number of hydrogen-bond acceptors (Lipinski definition) is 4. The van der Waals surface area contributed by atoms with Crippen molar-refractivity contribution in [2.75, 3.05) is 11.9 Å². The second kappa shape index (κ2) is 7.08. The van der Waals surface area contributed by atoms with Crippen LogP contribution in [0.1, 0.15) is 13.3 Å². The van der Waals surface area contributed by atoms with Crippen LogP contribution in [0, 0.1) is 10.1 Å². The van der Waals surface area contributed by atoms with Crippen molar-refractivity contribution in [3.63, 3.8) is 0 Å². The molecule has 110 valence electrons. The maximum Gasteiger partial charge on any atom is 0.275 e. The summed E-state index contributed by atoms with van der Waals surface area (Å²) < 4.78 is 6.58. The molecule has 0 saturated carbocycles. The predicted molar refractivity (Wildman–Crippen MR) is 86.1 cm³/mol. The second-order valence-electron chi connectivity index (χ2n) is 4.46. The largest absolute Gasteiger partial charge is 0.457 e. The van der Waals surface area contributed by atoms with Gasteiger partial charge < -0.3 is 10.1 Å². The molecule has 0 aliphatic carbocycles. The summed E-state index contributed by atoms with van der Waals surface area (Å²) in [6, 6.07) is 12.0. The molecule has 2 rings (SSSR count). The number of rotatable bonds is 6. The molecular formula is C15H15BrN2O3. The standard InChI is InChI=1S/C15H15BrN2O3/c1-2-6-17-12-8-13(18(19)20)10-15(9-12)21-14-5-3-4-11(16)7-14/h3-5,7-10,17H,2,6H2,1H3. The van der Waals surface area contributed by atoms with Gasteiger partial charge in [0.25, 0.3) is 5.69 Å². The van der Waals surface area contributed by atoms with Gasteiger partial charge >= 0.3 is 0 Å². The quantitative estimate of drug-likeness (QED) is 0.589. The number of nitro groups is 1. The molecule has 0 atom stereocenters. The van der Waals surface area contributed by atoms with Crippen LogP contribution in [0.5, 0.6) is 11.5 Å². The number of ether oxygens (including phenoxy) is 1. The number of benzene rings is 2. The molecule has 0 aliphatic rings.